The maximum absolute atomic E-state index is 13.4. The zero-order chi connectivity index (χ0) is 30.0. The number of nitrogens with one attached hydrogen (secondary N) is 1. The highest BCUT2D eigenvalue weighted by atomic mass is 79.9. The van der Waals surface area contributed by atoms with E-state index >= 15 is 0 Å². The molecule has 4 nitrogen and oxygen atoms in total. The average Bonchev–Trinajstić information content (AvgIpc) is 3.34. The van der Waals surface area contributed by atoms with Crippen molar-refractivity contribution in [2.45, 2.75) is 71.9 Å². The molecule has 0 saturated heterocycles. The molecule has 1 aromatic heterocycles. The van der Waals surface area contributed by atoms with Crippen molar-refractivity contribution in [2.75, 3.05) is 0 Å². The van der Waals surface area contributed by atoms with Crippen molar-refractivity contribution < 1.29 is 4.79 Å². The van der Waals surface area contributed by atoms with Crippen LogP contribution in [0, 0.1) is 0 Å². The zero-order valence-electron chi connectivity index (χ0n) is 25.4. The van der Waals surface area contributed by atoms with Crippen molar-refractivity contribution in [2.24, 2.45) is 0 Å². The first kappa shape index (κ1) is 29.8. The Morgan fingerprint density at radius 1 is 0.929 bits per heavy atom. The summed E-state index contributed by atoms with van der Waals surface area (Å²) in [7, 11) is 0. The molecule has 0 fully saturated rings. The molecule has 5 rings (SSSR count). The number of rotatable bonds is 8. The zero-order valence-corrected chi connectivity index (χ0v) is 27.0. The van der Waals surface area contributed by atoms with Crippen LogP contribution in [0.15, 0.2) is 95.5 Å². The topological polar surface area (TPSA) is 46.9 Å². The molecule has 5 heteroatoms. The van der Waals surface area contributed by atoms with E-state index in [4.69, 9.17) is 5.10 Å². The van der Waals surface area contributed by atoms with E-state index < -0.39 is 0 Å². The molecule has 0 unspecified atom stereocenters. The molecule has 1 amide bonds. The van der Waals surface area contributed by atoms with Gasteiger partial charge in [-0.15, -0.1) is 0 Å². The summed E-state index contributed by atoms with van der Waals surface area (Å²) in [6.07, 6.45) is 0.811. The van der Waals surface area contributed by atoms with E-state index in [1.807, 2.05) is 30.3 Å². The SMILES string of the molecule is CC[C@H](NC(=O)c1ccc2c(c1)c(C(C)C)nn2Cc1ccc(-c2ccccc2C(C)(C)C)cc1)c1ccc(Br)cc1. The smallest absolute Gasteiger partial charge is 0.251 e. The Balaban J connectivity index is 1.40. The summed E-state index contributed by atoms with van der Waals surface area (Å²) < 4.78 is 3.10. The first-order valence-corrected chi connectivity index (χ1v) is 15.6. The first-order valence-electron chi connectivity index (χ1n) is 14.8. The van der Waals surface area contributed by atoms with Crippen LogP contribution in [0.25, 0.3) is 22.0 Å². The number of amides is 1. The molecular formula is C37H40BrN3O. The van der Waals surface area contributed by atoms with E-state index in [1.54, 1.807) is 0 Å². The van der Waals surface area contributed by atoms with Gasteiger partial charge in [0.1, 0.15) is 0 Å². The van der Waals surface area contributed by atoms with Crippen LogP contribution in [0.4, 0.5) is 0 Å². The number of carbonyl (C=O) groups is 1. The molecular weight excluding hydrogens is 582 g/mol. The van der Waals surface area contributed by atoms with Gasteiger partial charge in [-0.3, -0.25) is 9.48 Å². The molecule has 0 aliphatic heterocycles. The van der Waals surface area contributed by atoms with Gasteiger partial charge in [0.05, 0.1) is 23.8 Å². The number of benzene rings is 4. The molecule has 1 atom stereocenters. The molecule has 5 aromatic rings. The molecule has 216 valence electrons. The summed E-state index contributed by atoms with van der Waals surface area (Å²) >= 11 is 3.49. The van der Waals surface area contributed by atoms with Gasteiger partial charge in [0, 0.05) is 15.4 Å². The molecule has 0 aliphatic rings. The van der Waals surface area contributed by atoms with Crippen LogP contribution in [0.1, 0.15) is 92.7 Å². The van der Waals surface area contributed by atoms with Crippen molar-refractivity contribution in [3.8, 4) is 11.1 Å². The highest BCUT2D eigenvalue weighted by Gasteiger charge is 2.20. The van der Waals surface area contributed by atoms with E-state index in [2.05, 4.69) is 128 Å². The lowest BCUT2D eigenvalue weighted by Crippen LogP contribution is -2.28. The number of hydrogen-bond donors (Lipinski definition) is 1. The van der Waals surface area contributed by atoms with Gasteiger partial charge in [0.25, 0.3) is 5.91 Å². The standard InChI is InChI=1S/C37H40BrN3O/c1-7-33(27-16-19-29(38)20-17-27)39-36(42)28-18-21-34-31(22-28)35(24(2)3)40-41(34)23-25-12-14-26(15-13-25)30-10-8-9-11-32(30)37(4,5)6/h8-22,24,33H,7,23H2,1-6H3,(H,39,42)/t33-/m0/s1. The predicted molar refractivity (Wildman–Crippen MR) is 178 cm³/mol. The van der Waals surface area contributed by atoms with E-state index in [0.29, 0.717) is 12.1 Å². The third-order valence-electron chi connectivity index (χ3n) is 7.91. The largest absolute Gasteiger partial charge is 0.345 e. The average molecular weight is 623 g/mol. The lowest BCUT2D eigenvalue weighted by molar-refractivity contribution is 0.0935. The number of nitrogens with zero attached hydrogens (tertiary/aromatic N) is 2. The van der Waals surface area contributed by atoms with Crippen molar-refractivity contribution in [3.05, 3.63) is 123 Å². The van der Waals surface area contributed by atoms with Crippen LogP contribution in [-0.4, -0.2) is 15.7 Å². The lowest BCUT2D eigenvalue weighted by Gasteiger charge is -2.23. The second-order valence-corrected chi connectivity index (χ2v) is 13.3. The highest BCUT2D eigenvalue weighted by Crippen LogP contribution is 2.33. The Kier molecular flexibility index (Phi) is 8.70. The molecule has 1 N–H and O–H groups in total. The van der Waals surface area contributed by atoms with Crippen LogP contribution in [0.3, 0.4) is 0 Å². The maximum Gasteiger partial charge on any atom is 0.251 e. The number of aromatic nitrogens is 2. The summed E-state index contributed by atoms with van der Waals surface area (Å²) in [5.74, 6) is 0.162. The third-order valence-corrected chi connectivity index (χ3v) is 8.44. The van der Waals surface area contributed by atoms with Crippen LogP contribution in [0.5, 0.6) is 0 Å². The van der Waals surface area contributed by atoms with Gasteiger partial charge in [-0.1, -0.05) is 118 Å². The van der Waals surface area contributed by atoms with E-state index in [-0.39, 0.29) is 23.3 Å². The van der Waals surface area contributed by atoms with Gasteiger partial charge < -0.3 is 5.32 Å². The van der Waals surface area contributed by atoms with Crippen molar-refractivity contribution in [1.82, 2.24) is 15.1 Å². The second-order valence-electron chi connectivity index (χ2n) is 12.4. The molecule has 0 bridgehead atoms. The summed E-state index contributed by atoms with van der Waals surface area (Å²) in [6.45, 7) is 13.8. The fourth-order valence-electron chi connectivity index (χ4n) is 5.60. The van der Waals surface area contributed by atoms with Crippen LogP contribution in [-0.2, 0) is 12.0 Å². The number of hydrogen-bond acceptors (Lipinski definition) is 2. The normalized spacial score (nSPS) is 12.6. The van der Waals surface area contributed by atoms with Crippen LogP contribution >= 0.6 is 15.9 Å². The molecule has 0 spiro atoms. The second kappa shape index (κ2) is 12.3. The summed E-state index contributed by atoms with van der Waals surface area (Å²) in [4.78, 5) is 13.4. The third kappa shape index (κ3) is 6.37. The van der Waals surface area contributed by atoms with Gasteiger partial charge in [-0.2, -0.15) is 5.10 Å². The summed E-state index contributed by atoms with van der Waals surface area (Å²) in [5, 5.41) is 9.29. The predicted octanol–water partition coefficient (Wildman–Crippen LogP) is 9.82. The Morgan fingerprint density at radius 2 is 1.62 bits per heavy atom. The molecule has 0 radical (unpaired) electrons. The van der Waals surface area contributed by atoms with E-state index in [9.17, 15) is 4.79 Å². The number of halogens is 1. The van der Waals surface area contributed by atoms with E-state index in [0.717, 1.165) is 33.1 Å². The molecule has 4 aromatic carbocycles. The Morgan fingerprint density at radius 3 is 2.26 bits per heavy atom. The summed E-state index contributed by atoms with van der Waals surface area (Å²) in [5.41, 5.74) is 8.91. The summed E-state index contributed by atoms with van der Waals surface area (Å²) in [6, 6.07) is 31.5. The first-order chi connectivity index (χ1) is 20.0. The minimum atomic E-state index is -0.0692. The Bertz CT molecular complexity index is 1690. The molecule has 42 heavy (non-hydrogen) atoms. The van der Waals surface area contributed by atoms with Crippen molar-refractivity contribution in [1.29, 1.82) is 0 Å². The van der Waals surface area contributed by atoms with Crippen LogP contribution in [0.2, 0.25) is 0 Å². The van der Waals surface area contributed by atoms with Crippen LogP contribution < -0.4 is 5.32 Å². The van der Waals surface area contributed by atoms with Gasteiger partial charge in [0.15, 0.2) is 0 Å². The fraction of sp³-hybridized carbons (Fsp3) is 0.297. The van der Waals surface area contributed by atoms with Gasteiger partial charge in [0.2, 0.25) is 0 Å². The molecule has 0 saturated carbocycles. The van der Waals surface area contributed by atoms with Gasteiger partial charge >= 0.3 is 0 Å². The quantitative estimate of drug-likeness (QED) is 0.187. The minimum absolute atomic E-state index is 0.0491. The molecule has 0 aliphatic carbocycles. The monoisotopic (exact) mass is 621 g/mol. The lowest BCUT2D eigenvalue weighted by atomic mass is 9.82. The maximum atomic E-state index is 13.4. The molecule has 1 heterocycles. The Labute approximate surface area is 258 Å². The highest BCUT2D eigenvalue weighted by molar-refractivity contribution is 9.10. The van der Waals surface area contributed by atoms with Gasteiger partial charge in [-0.05, 0) is 75.9 Å². The fourth-order valence-corrected chi connectivity index (χ4v) is 5.87. The van der Waals surface area contributed by atoms with Crippen molar-refractivity contribution in [3.63, 3.8) is 0 Å². The minimum Gasteiger partial charge on any atom is -0.345 e. The van der Waals surface area contributed by atoms with Crippen molar-refractivity contribution >= 4 is 32.7 Å². The Hall–Kier alpha value is -3.70. The number of carbonyl (C=O) groups excluding carboxylic acids is 1. The number of fused-ring (bicyclic) bond motifs is 1. The van der Waals surface area contributed by atoms with E-state index in [1.165, 1.54) is 22.3 Å². The van der Waals surface area contributed by atoms with Gasteiger partial charge in [-0.25, -0.2) is 0 Å².